The van der Waals surface area contributed by atoms with E-state index in [9.17, 15) is 13.2 Å². The van der Waals surface area contributed by atoms with Crippen molar-refractivity contribution in [1.82, 2.24) is 4.90 Å². The van der Waals surface area contributed by atoms with Crippen LogP contribution in [0.2, 0.25) is 0 Å². The highest BCUT2D eigenvalue weighted by atomic mass is 32.2. The third kappa shape index (κ3) is 5.91. The topological polar surface area (TPSA) is 80.5 Å². The zero-order chi connectivity index (χ0) is 14.5. The molecule has 2 atom stereocenters. The Morgan fingerprint density at radius 2 is 2.11 bits per heavy atom. The van der Waals surface area contributed by atoms with Crippen molar-refractivity contribution >= 4 is 15.9 Å². The van der Waals surface area contributed by atoms with E-state index in [1.54, 1.807) is 0 Å². The largest absolute Gasteiger partial charge is 0.342 e. The Morgan fingerprint density at radius 1 is 1.42 bits per heavy atom. The summed E-state index contributed by atoms with van der Waals surface area (Å²) >= 11 is 0. The Morgan fingerprint density at radius 3 is 2.63 bits per heavy atom. The molecule has 0 bridgehead atoms. The Labute approximate surface area is 116 Å². The van der Waals surface area contributed by atoms with Crippen LogP contribution in [0.5, 0.6) is 0 Å². The molecule has 1 rings (SSSR count). The van der Waals surface area contributed by atoms with Crippen molar-refractivity contribution in [2.75, 3.05) is 18.8 Å². The van der Waals surface area contributed by atoms with Crippen LogP contribution >= 0.6 is 0 Å². The molecule has 1 amide bonds. The molecule has 112 valence electrons. The Kier molecular flexibility index (Phi) is 6.26. The standard InChI is InChI=1S/C13H26N2O3S/c1-3-5-6-11(4-2)8-15-9-12(7-13(15)16)10-19(14,17)18/h11-12H,3-10H2,1-2H3,(H2,14,17,18). The molecule has 1 aliphatic heterocycles. The molecule has 2 N–H and O–H groups in total. The number of rotatable bonds is 8. The van der Waals surface area contributed by atoms with Gasteiger partial charge in [-0.3, -0.25) is 4.79 Å². The van der Waals surface area contributed by atoms with Crippen molar-refractivity contribution in [3.63, 3.8) is 0 Å². The Balaban J connectivity index is 2.48. The highest BCUT2D eigenvalue weighted by Crippen LogP contribution is 2.22. The SMILES string of the molecule is CCCCC(CC)CN1CC(CS(N)(=O)=O)CC1=O. The van der Waals surface area contributed by atoms with Crippen molar-refractivity contribution in [2.45, 2.75) is 46.0 Å². The molecule has 0 saturated carbocycles. The first-order valence-corrected chi connectivity index (χ1v) is 8.85. The van der Waals surface area contributed by atoms with Gasteiger partial charge in [0.25, 0.3) is 0 Å². The van der Waals surface area contributed by atoms with E-state index in [1.165, 1.54) is 12.8 Å². The maximum atomic E-state index is 11.9. The van der Waals surface area contributed by atoms with Gasteiger partial charge in [0.15, 0.2) is 0 Å². The van der Waals surface area contributed by atoms with E-state index in [0.29, 0.717) is 18.9 Å². The minimum Gasteiger partial charge on any atom is -0.342 e. The lowest BCUT2D eigenvalue weighted by atomic mass is 9.99. The molecule has 0 radical (unpaired) electrons. The molecule has 1 aliphatic rings. The number of nitrogens with two attached hydrogens (primary N) is 1. The smallest absolute Gasteiger partial charge is 0.222 e. The quantitative estimate of drug-likeness (QED) is 0.732. The van der Waals surface area contributed by atoms with Gasteiger partial charge in [0.05, 0.1) is 5.75 Å². The molecule has 1 saturated heterocycles. The van der Waals surface area contributed by atoms with Gasteiger partial charge < -0.3 is 4.90 Å². The van der Waals surface area contributed by atoms with Crippen LogP contribution in [0.1, 0.15) is 46.0 Å². The number of sulfonamides is 1. The molecule has 0 aromatic carbocycles. The predicted octanol–water partition coefficient (Wildman–Crippen LogP) is 1.34. The van der Waals surface area contributed by atoms with Crippen molar-refractivity contribution in [3.05, 3.63) is 0 Å². The molecule has 1 heterocycles. The maximum absolute atomic E-state index is 11.9. The molecule has 1 fully saturated rings. The van der Waals surface area contributed by atoms with Crippen LogP contribution in [0.3, 0.4) is 0 Å². The zero-order valence-electron chi connectivity index (χ0n) is 12.0. The number of carbonyl (C=O) groups excluding carboxylic acids is 1. The second kappa shape index (κ2) is 7.24. The molecular formula is C13H26N2O3S. The molecule has 5 nitrogen and oxygen atoms in total. The molecule has 0 aromatic heterocycles. The molecular weight excluding hydrogens is 264 g/mol. The fourth-order valence-corrected chi connectivity index (χ4v) is 3.58. The van der Waals surface area contributed by atoms with E-state index in [-0.39, 0.29) is 17.6 Å². The third-order valence-electron chi connectivity index (χ3n) is 3.78. The van der Waals surface area contributed by atoms with E-state index in [2.05, 4.69) is 13.8 Å². The minimum absolute atomic E-state index is 0.0728. The van der Waals surface area contributed by atoms with Crippen LogP contribution < -0.4 is 5.14 Å². The lowest BCUT2D eigenvalue weighted by Gasteiger charge is -2.23. The molecule has 0 spiro atoms. The molecule has 2 unspecified atom stereocenters. The average Bonchev–Trinajstić information content (AvgIpc) is 2.62. The lowest BCUT2D eigenvalue weighted by Crippen LogP contribution is -2.32. The van der Waals surface area contributed by atoms with Crippen molar-refractivity contribution < 1.29 is 13.2 Å². The van der Waals surface area contributed by atoms with Gasteiger partial charge in [-0.1, -0.05) is 33.1 Å². The van der Waals surface area contributed by atoms with E-state index in [0.717, 1.165) is 19.4 Å². The van der Waals surface area contributed by atoms with Crippen LogP contribution in [0.25, 0.3) is 0 Å². The number of hydrogen-bond acceptors (Lipinski definition) is 3. The first kappa shape index (κ1) is 16.4. The van der Waals surface area contributed by atoms with E-state index >= 15 is 0 Å². The number of amides is 1. The van der Waals surface area contributed by atoms with Crippen molar-refractivity contribution in [1.29, 1.82) is 0 Å². The summed E-state index contributed by atoms with van der Waals surface area (Å²) in [6.45, 7) is 5.60. The summed E-state index contributed by atoms with van der Waals surface area (Å²) in [5.41, 5.74) is 0. The average molecular weight is 290 g/mol. The number of hydrogen-bond donors (Lipinski definition) is 1. The minimum atomic E-state index is -3.48. The predicted molar refractivity (Wildman–Crippen MR) is 76.0 cm³/mol. The lowest BCUT2D eigenvalue weighted by molar-refractivity contribution is -0.128. The number of unbranched alkanes of at least 4 members (excludes halogenated alkanes) is 1. The van der Waals surface area contributed by atoms with E-state index in [4.69, 9.17) is 5.14 Å². The highest BCUT2D eigenvalue weighted by molar-refractivity contribution is 7.89. The fraction of sp³-hybridized carbons (Fsp3) is 0.923. The van der Waals surface area contributed by atoms with Crippen LogP contribution in [-0.4, -0.2) is 38.1 Å². The number of carbonyl (C=O) groups is 1. The number of primary sulfonamides is 1. The summed E-state index contributed by atoms with van der Waals surface area (Å²) in [6.07, 6.45) is 4.86. The van der Waals surface area contributed by atoms with Gasteiger partial charge >= 0.3 is 0 Å². The van der Waals surface area contributed by atoms with Crippen LogP contribution in [-0.2, 0) is 14.8 Å². The van der Waals surface area contributed by atoms with Crippen molar-refractivity contribution in [2.24, 2.45) is 17.0 Å². The van der Waals surface area contributed by atoms with Gasteiger partial charge in [-0.25, -0.2) is 13.6 Å². The van der Waals surface area contributed by atoms with Gasteiger partial charge in [-0.2, -0.15) is 0 Å². The fourth-order valence-electron chi connectivity index (χ4n) is 2.70. The normalized spacial score (nSPS) is 21.9. The van der Waals surface area contributed by atoms with E-state index in [1.807, 2.05) is 4.90 Å². The highest BCUT2D eigenvalue weighted by Gasteiger charge is 2.32. The summed E-state index contributed by atoms with van der Waals surface area (Å²) < 4.78 is 22.1. The van der Waals surface area contributed by atoms with Crippen LogP contribution in [0.4, 0.5) is 0 Å². The van der Waals surface area contributed by atoms with Gasteiger partial charge in [0.2, 0.25) is 15.9 Å². The summed E-state index contributed by atoms with van der Waals surface area (Å²) in [7, 11) is -3.48. The summed E-state index contributed by atoms with van der Waals surface area (Å²) in [5, 5.41) is 5.04. The summed E-state index contributed by atoms with van der Waals surface area (Å²) in [4.78, 5) is 13.7. The second-order valence-electron chi connectivity index (χ2n) is 5.61. The Bertz CT molecular complexity index is 395. The zero-order valence-corrected chi connectivity index (χ0v) is 12.8. The monoisotopic (exact) mass is 290 g/mol. The maximum Gasteiger partial charge on any atom is 0.222 e. The van der Waals surface area contributed by atoms with Gasteiger partial charge in [-0.05, 0) is 12.3 Å². The molecule has 19 heavy (non-hydrogen) atoms. The van der Waals surface area contributed by atoms with Crippen LogP contribution in [0.15, 0.2) is 0 Å². The van der Waals surface area contributed by atoms with Gasteiger partial charge in [-0.15, -0.1) is 0 Å². The summed E-state index contributed by atoms with van der Waals surface area (Å²) in [6, 6.07) is 0. The third-order valence-corrected chi connectivity index (χ3v) is 4.72. The summed E-state index contributed by atoms with van der Waals surface area (Å²) in [5.74, 6) is 0.382. The molecule has 0 aromatic rings. The van der Waals surface area contributed by atoms with E-state index < -0.39 is 10.0 Å². The molecule has 0 aliphatic carbocycles. The number of likely N-dealkylation sites (tertiary alicyclic amines) is 1. The van der Waals surface area contributed by atoms with Crippen LogP contribution in [0, 0.1) is 11.8 Å². The van der Waals surface area contributed by atoms with Gasteiger partial charge in [0, 0.05) is 25.4 Å². The molecule has 6 heteroatoms. The van der Waals surface area contributed by atoms with Crippen molar-refractivity contribution in [3.8, 4) is 0 Å². The second-order valence-corrected chi connectivity index (χ2v) is 7.27. The van der Waals surface area contributed by atoms with Gasteiger partial charge in [0.1, 0.15) is 0 Å². The Hall–Kier alpha value is -0.620. The first-order valence-electron chi connectivity index (χ1n) is 7.14. The number of nitrogens with zero attached hydrogens (tertiary/aromatic N) is 1. The first-order chi connectivity index (χ1) is 8.85.